The molecule has 0 saturated carbocycles. The van der Waals surface area contributed by atoms with Gasteiger partial charge in [-0.25, -0.2) is 0 Å². The molecule has 20 heavy (non-hydrogen) atoms. The molecule has 1 heterocycles. The maximum absolute atomic E-state index is 11.9. The van der Waals surface area contributed by atoms with Crippen LogP contribution >= 0.6 is 15.9 Å². The molecule has 1 aromatic heterocycles. The van der Waals surface area contributed by atoms with E-state index in [-0.39, 0.29) is 24.1 Å². The summed E-state index contributed by atoms with van der Waals surface area (Å²) in [5.74, 6) is -0.389. The van der Waals surface area contributed by atoms with Gasteiger partial charge in [0.15, 0.2) is 5.76 Å². The Morgan fingerprint density at radius 2 is 1.95 bits per heavy atom. The number of amides is 2. The fraction of sp³-hybridized carbons (Fsp3) is 0.143. The molecule has 2 rings (SSSR count). The Kier molecular flexibility index (Phi) is 4.57. The highest BCUT2D eigenvalue weighted by molar-refractivity contribution is 9.10. The maximum Gasteiger partial charge on any atom is 0.289 e. The third-order valence-corrected chi connectivity index (χ3v) is 3.12. The Balaban J connectivity index is 1.91. The number of likely N-dealkylation sites (N-methyl/N-ethyl adjacent to an activating group) is 1. The monoisotopic (exact) mass is 336 g/mol. The zero-order chi connectivity index (χ0) is 14.5. The molecule has 6 heteroatoms. The number of hydrogen-bond acceptors (Lipinski definition) is 3. The van der Waals surface area contributed by atoms with Crippen molar-refractivity contribution < 1.29 is 14.0 Å². The van der Waals surface area contributed by atoms with Crippen LogP contribution in [0.25, 0.3) is 0 Å². The average Bonchev–Trinajstić information content (AvgIpc) is 2.94. The SMILES string of the molecule is CN(CC(=O)Nc1ccc(Br)cc1)C(=O)c1ccco1. The van der Waals surface area contributed by atoms with Crippen LogP contribution in [0, 0.1) is 0 Å². The highest BCUT2D eigenvalue weighted by Gasteiger charge is 2.17. The molecule has 0 atom stereocenters. The summed E-state index contributed by atoms with van der Waals surface area (Å²) >= 11 is 3.32. The van der Waals surface area contributed by atoms with Gasteiger partial charge in [0, 0.05) is 17.2 Å². The predicted octanol–water partition coefficient (Wildman–Crippen LogP) is 2.75. The van der Waals surface area contributed by atoms with Crippen LogP contribution in [0.3, 0.4) is 0 Å². The zero-order valence-electron chi connectivity index (χ0n) is 10.8. The molecule has 104 valence electrons. The maximum atomic E-state index is 11.9. The highest BCUT2D eigenvalue weighted by atomic mass is 79.9. The van der Waals surface area contributed by atoms with Gasteiger partial charge in [-0.3, -0.25) is 9.59 Å². The Labute approximate surface area is 124 Å². The van der Waals surface area contributed by atoms with Crippen LogP contribution in [0.5, 0.6) is 0 Å². The third kappa shape index (κ3) is 3.71. The smallest absolute Gasteiger partial charge is 0.289 e. The van der Waals surface area contributed by atoms with Crippen molar-refractivity contribution in [1.82, 2.24) is 4.90 Å². The van der Waals surface area contributed by atoms with E-state index in [0.717, 1.165) is 4.47 Å². The Hall–Kier alpha value is -2.08. The molecule has 1 aromatic carbocycles. The van der Waals surface area contributed by atoms with E-state index in [0.29, 0.717) is 5.69 Å². The molecule has 0 fully saturated rings. The molecular weight excluding hydrogens is 324 g/mol. The second-order valence-corrected chi connectivity index (χ2v) is 5.11. The van der Waals surface area contributed by atoms with Gasteiger partial charge in [0.25, 0.3) is 5.91 Å². The summed E-state index contributed by atoms with van der Waals surface area (Å²) in [6, 6.07) is 10.4. The van der Waals surface area contributed by atoms with Crippen molar-refractivity contribution in [1.29, 1.82) is 0 Å². The van der Waals surface area contributed by atoms with Crippen LogP contribution in [0.4, 0.5) is 5.69 Å². The predicted molar refractivity (Wildman–Crippen MR) is 78.4 cm³/mol. The molecule has 0 aliphatic heterocycles. The highest BCUT2D eigenvalue weighted by Crippen LogP contribution is 2.14. The van der Waals surface area contributed by atoms with E-state index in [1.165, 1.54) is 11.2 Å². The quantitative estimate of drug-likeness (QED) is 0.933. The van der Waals surface area contributed by atoms with Gasteiger partial charge in [-0.15, -0.1) is 0 Å². The first-order valence-electron chi connectivity index (χ1n) is 5.90. The first kappa shape index (κ1) is 14.3. The lowest BCUT2D eigenvalue weighted by Gasteiger charge is -2.15. The molecular formula is C14H13BrN2O3. The normalized spacial score (nSPS) is 10.1. The fourth-order valence-corrected chi connectivity index (χ4v) is 1.87. The number of halogens is 1. The van der Waals surface area contributed by atoms with Gasteiger partial charge in [-0.2, -0.15) is 0 Å². The van der Waals surface area contributed by atoms with Crippen LogP contribution in [0.15, 0.2) is 51.6 Å². The number of furan rings is 1. The number of nitrogens with one attached hydrogen (secondary N) is 1. The van der Waals surface area contributed by atoms with E-state index in [2.05, 4.69) is 21.2 Å². The van der Waals surface area contributed by atoms with Crippen LogP contribution in [0.1, 0.15) is 10.6 Å². The number of benzene rings is 1. The first-order valence-corrected chi connectivity index (χ1v) is 6.70. The van der Waals surface area contributed by atoms with E-state index < -0.39 is 0 Å². The van der Waals surface area contributed by atoms with Crippen molar-refractivity contribution in [3.63, 3.8) is 0 Å². The van der Waals surface area contributed by atoms with E-state index in [9.17, 15) is 9.59 Å². The largest absolute Gasteiger partial charge is 0.459 e. The lowest BCUT2D eigenvalue weighted by atomic mass is 10.3. The lowest BCUT2D eigenvalue weighted by Crippen LogP contribution is -2.34. The molecule has 0 bridgehead atoms. The molecule has 0 aliphatic carbocycles. The van der Waals surface area contributed by atoms with Gasteiger partial charge in [-0.05, 0) is 36.4 Å². The van der Waals surface area contributed by atoms with Crippen LogP contribution in [-0.2, 0) is 4.79 Å². The second-order valence-electron chi connectivity index (χ2n) is 4.19. The molecule has 1 N–H and O–H groups in total. The van der Waals surface area contributed by atoms with Gasteiger partial charge in [0.2, 0.25) is 5.91 Å². The van der Waals surface area contributed by atoms with Crippen molar-refractivity contribution in [2.24, 2.45) is 0 Å². The number of carbonyl (C=O) groups is 2. The summed E-state index contributed by atoms with van der Waals surface area (Å²) in [4.78, 5) is 25.0. The van der Waals surface area contributed by atoms with Crippen molar-refractivity contribution in [3.05, 3.63) is 52.9 Å². The Morgan fingerprint density at radius 3 is 2.55 bits per heavy atom. The number of rotatable bonds is 4. The van der Waals surface area contributed by atoms with Crippen molar-refractivity contribution in [2.45, 2.75) is 0 Å². The Bertz CT molecular complexity index is 593. The number of carbonyl (C=O) groups excluding carboxylic acids is 2. The van der Waals surface area contributed by atoms with E-state index in [4.69, 9.17) is 4.42 Å². The number of nitrogens with zero attached hydrogens (tertiary/aromatic N) is 1. The lowest BCUT2D eigenvalue weighted by molar-refractivity contribution is -0.116. The fourth-order valence-electron chi connectivity index (χ4n) is 1.61. The second kappa shape index (κ2) is 6.38. The van der Waals surface area contributed by atoms with Crippen molar-refractivity contribution in [2.75, 3.05) is 18.9 Å². The molecule has 2 amide bonds. The molecule has 0 saturated heterocycles. The molecule has 5 nitrogen and oxygen atoms in total. The number of anilines is 1. The minimum Gasteiger partial charge on any atom is -0.459 e. The average molecular weight is 337 g/mol. The summed E-state index contributed by atoms with van der Waals surface area (Å²) in [7, 11) is 1.55. The Morgan fingerprint density at radius 1 is 1.25 bits per heavy atom. The third-order valence-electron chi connectivity index (χ3n) is 2.59. The minimum atomic E-state index is -0.332. The molecule has 0 radical (unpaired) electrons. The van der Waals surface area contributed by atoms with E-state index in [1.807, 2.05) is 12.1 Å². The molecule has 2 aromatic rings. The first-order chi connectivity index (χ1) is 9.56. The molecule has 0 aliphatic rings. The van der Waals surface area contributed by atoms with Gasteiger partial charge >= 0.3 is 0 Å². The number of hydrogen-bond donors (Lipinski definition) is 1. The van der Waals surface area contributed by atoms with Gasteiger partial charge in [-0.1, -0.05) is 15.9 Å². The summed E-state index contributed by atoms with van der Waals surface area (Å²) in [6.07, 6.45) is 1.42. The van der Waals surface area contributed by atoms with Gasteiger partial charge < -0.3 is 14.6 Å². The van der Waals surface area contributed by atoms with Crippen LogP contribution in [-0.4, -0.2) is 30.3 Å². The van der Waals surface area contributed by atoms with Gasteiger partial charge in [0.05, 0.1) is 12.8 Å². The summed E-state index contributed by atoms with van der Waals surface area (Å²) < 4.78 is 5.93. The van der Waals surface area contributed by atoms with E-state index >= 15 is 0 Å². The molecule has 0 spiro atoms. The summed E-state index contributed by atoms with van der Waals surface area (Å²) in [5, 5.41) is 2.72. The van der Waals surface area contributed by atoms with Crippen molar-refractivity contribution in [3.8, 4) is 0 Å². The summed E-state index contributed by atoms with van der Waals surface area (Å²) in [5.41, 5.74) is 0.678. The zero-order valence-corrected chi connectivity index (χ0v) is 12.4. The van der Waals surface area contributed by atoms with E-state index in [1.54, 1.807) is 31.3 Å². The topological polar surface area (TPSA) is 62.6 Å². The van der Waals surface area contributed by atoms with Crippen molar-refractivity contribution >= 4 is 33.4 Å². The summed E-state index contributed by atoms with van der Waals surface area (Å²) in [6.45, 7) is -0.0460. The minimum absolute atomic E-state index is 0.0460. The van der Waals surface area contributed by atoms with Gasteiger partial charge in [0.1, 0.15) is 0 Å². The molecule has 0 unspecified atom stereocenters. The standard InChI is InChI=1S/C14H13BrN2O3/c1-17(14(19)12-3-2-8-20-12)9-13(18)16-11-6-4-10(15)5-7-11/h2-8H,9H2,1H3,(H,16,18). The van der Waals surface area contributed by atoms with Crippen LogP contribution < -0.4 is 5.32 Å². The van der Waals surface area contributed by atoms with Crippen LogP contribution in [0.2, 0.25) is 0 Å².